The predicted molar refractivity (Wildman–Crippen MR) is 130 cm³/mol. The molecule has 1 nitrogen and oxygen atoms in total. The van der Waals surface area contributed by atoms with Crippen molar-refractivity contribution in [3.8, 4) is 0 Å². The van der Waals surface area contributed by atoms with Crippen molar-refractivity contribution in [3.63, 3.8) is 0 Å². The Labute approximate surface area is 179 Å². The summed E-state index contributed by atoms with van der Waals surface area (Å²) in [7, 11) is 0. The summed E-state index contributed by atoms with van der Waals surface area (Å²) in [4.78, 5) is 2.49. The highest BCUT2D eigenvalue weighted by atomic mass is 15.1. The molecule has 0 heterocycles. The standard InChI is InChI=1S/C27H55N/c1-4-7-8-9-10-11-12-13-14-15-16-17-18-19-20-21-22-23-24-25-27-28(6-3)26-5-2/h5H,2,4,6-27H2,1,3H3. The lowest BCUT2D eigenvalue weighted by molar-refractivity contribution is 0.309. The summed E-state index contributed by atoms with van der Waals surface area (Å²) < 4.78 is 0. The van der Waals surface area contributed by atoms with Crippen LogP contribution >= 0.6 is 0 Å². The average Bonchev–Trinajstić information content (AvgIpc) is 2.71. The first-order chi connectivity index (χ1) is 13.8. The van der Waals surface area contributed by atoms with Gasteiger partial charge in [0.2, 0.25) is 0 Å². The van der Waals surface area contributed by atoms with Gasteiger partial charge in [-0.1, -0.05) is 142 Å². The second-order valence-electron chi connectivity index (χ2n) is 8.90. The maximum atomic E-state index is 3.84. The molecule has 0 saturated heterocycles. The Morgan fingerprint density at radius 1 is 0.500 bits per heavy atom. The van der Waals surface area contributed by atoms with E-state index in [-0.39, 0.29) is 0 Å². The van der Waals surface area contributed by atoms with Crippen LogP contribution in [0.1, 0.15) is 142 Å². The molecule has 0 aromatic carbocycles. The number of rotatable bonds is 24. The average molecular weight is 394 g/mol. The van der Waals surface area contributed by atoms with Gasteiger partial charge in [-0.3, -0.25) is 4.90 Å². The highest BCUT2D eigenvalue weighted by molar-refractivity contribution is 4.72. The van der Waals surface area contributed by atoms with Gasteiger partial charge in [-0.2, -0.15) is 0 Å². The van der Waals surface area contributed by atoms with Gasteiger partial charge < -0.3 is 0 Å². The molecule has 0 unspecified atom stereocenters. The van der Waals surface area contributed by atoms with Crippen molar-refractivity contribution in [1.82, 2.24) is 4.90 Å². The quantitative estimate of drug-likeness (QED) is 0.117. The molecule has 0 aliphatic rings. The Hall–Kier alpha value is -0.300. The normalized spacial score (nSPS) is 11.4. The van der Waals surface area contributed by atoms with Crippen LogP contribution in [-0.4, -0.2) is 24.5 Å². The van der Waals surface area contributed by atoms with Crippen LogP contribution in [0.4, 0.5) is 0 Å². The van der Waals surface area contributed by atoms with E-state index >= 15 is 0 Å². The van der Waals surface area contributed by atoms with E-state index in [0.717, 1.165) is 13.1 Å². The van der Waals surface area contributed by atoms with Gasteiger partial charge in [0, 0.05) is 6.54 Å². The third kappa shape index (κ3) is 22.0. The number of likely N-dealkylation sites (N-methyl/N-ethyl adjacent to an activating group) is 1. The van der Waals surface area contributed by atoms with Crippen molar-refractivity contribution >= 4 is 0 Å². The predicted octanol–water partition coefficient (Wildman–Crippen LogP) is 9.32. The topological polar surface area (TPSA) is 3.24 Å². The van der Waals surface area contributed by atoms with Gasteiger partial charge in [0.05, 0.1) is 0 Å². The Balaban J connectivity index is 3.07. The first-order valence-corrected chi connectivity index (χ1v) is 13.2. The lowest BCUT2D eigenvalue weighted by atomic mass is 10.0. The first kappa shape index (κ1) is 27.7. The molecule has 0 aromatic heterocycles. The fourth-order valence-corrected chi connectivity index (χ4v) is 4.15. The highest BCUT2D eigenvalue weighted by Crippen LogP contribution is 2.14. The maximum Gasteiger partial charge on any atom is 0.0160 e. The van der Waals surface area contributed by atoms with Crippen LogP contribution in [-0.2, 0) is 0 Å². The van der Waals surface area contributed by atoms with E-state index in [2.05, 4.69) is 25.3 Å². The van der Waals surface area contributed by atoms with Gasteiger partial charge in [-0.05, 0) is 19.5 Å². The van der Waals surface area contributed by atoms with Crippen LogP contribution in [0.2, 0.25) is 0 Å². The molecule has 168 valence electrons. The summed E-state index contributed by atoms with van der Waals surface area (Å²) in [6.45, 7) is 11.9. The van der Waals surface area contributed by atoms with Gasteiger partial charge in [0.1, 0.15) is 0 Å². The smallest absolute Gasteiger partial charge is 0.0160 e. The first-order valence-electron chi connectivity index (χ1n) is 13.2. The van der Waals surface area contributed by atoms with Gasteiger partial charge in [-0.25, -0.2) is 0 Å². The van der Waals surface area contributed by atoms with Crippen LogP contribution in [0, 0.1) is 0 Å². The molecule has 0 rings (SSSR count). The van der Waals surface area contributed by atoms with E-state index in [9.17, 15) is 0 Å². The number of nitrogens with zero attached hydrogens (tertiary/aromatic N) is 1. The molecule has 1 heteroatoms. The van der Waals surface area contributed by atoms with E-state index < -0.39 is 0 Å². The summed E-state index contributed by atoms with van der Waals surface area (Å²) in [5.41, 5.74) is 0. The molecule has 0 atom stereocenters. The minimum Gasteiger partial charge on any atom is -0.300 e. The summed E-state index contributed by atoms with van der Waals surface area (Å²) in [6.07, 6.45) is 31.2. The fraction of sp³-hybridized carbons (Fsp3) is 0.926. The van der Waals surface area contributed by atoms with Crippen LogP contribution in [0.5, 0.6) is 0 Å². The minimum atomic E-state index is 1.05. The molecule has 0 saturated carbocycles. The van der Waals surface area contributed by atoms with Crippen molar-refractivity contribution in [2.45, 2.75) is 142 Å². The van der Waals surface area contributed by atoms with Crippen LogP contribution in [0.25, 0.3) is 0 Å². The molecule has 0 aliphatic carbocycles. The van der Waals surface area contributed by atoms with Gasteiger partial charge >= 0.3 is 0 Å². The zero-order valence-electron chi connectivity index (χ0n) is 20.0. The highest BCUT2D eigenvalue weighted by Gasteiger charge is 1.99. The molecule has 0 aromatic rings. The molecule has 28 heavy (non-hydrogen) atoms. The Morgan fingerprint density at radius 2 is 0.821 bits per heavy atom. The lowest BCUT2D eigenvalue weighted by Crippen LogP contribution is -2.24. The van der Waals surface area contributed by atoms with Crippen LogP contribution < -0.4 is 0 Å². The van der Waals surface area contributed by atoms with E-state index in [0.29, 0.717) is 0 Å². The largest absolute Gasteiger partial charge is 0.300 e. The van der Waals surface area contributed by atoms with Crippen molar-refractivity contribution in [2.24, 2.45) is 0 Å². The number of hydrogen-bond donors (Lipinski definition) is 0. The molecule has 0 spiro atoms. The molecule has 0 amide bonds. The number of unbranched alkanes of at least 4 members (excludes halogenated alkanes) is 19. The summed E-state index contributed by atoms with van der Waals surface area (Å²) in [6, 6.07) is 0. The Morgan fingerprint density at radius 3 is 1.11 bits per heavy atom. The summed E-state index contributed by atoms with van der Waals surface area (Å²) in [5, 5.41) is 0. The summed E-state index contributed by atoms with van der Waals surface area (Å²) >= 11 is 0. The summed E-state index contributed by atoms with van der Waals surface area (Å²) in [5.74, 6) is 0. The lowest BCUT2D eigenvalue weighted by Gasteiger charge is -2.17. The van der Waals surface area contributed by atoms with Gasteiger partial charge in [0.15, 0.2) is 0 Å². The molecular formula is C27H55N. The zero-order valence-corrected chi connectivity index (χ0v) is 20.0. The molecule has 0 N–H and O–H groups in total. The third-order valence-electron chi connectivity index (χ3n) is 6.16. The zero-order chi connectivity index (χ0) is 20.5. The van der Waals surface area contributed by atoms with E-state index in [1.54, 1.807) is 0 Å². The minimum absolute atomic E-state index is 1.05. The molecular weight excluding hydrogens is 338 g/mol. The van der Waals surface area contributed by atoms with Crippen molar-refractivity contribution < 1.29 is 0 Å². The fourth-order valence-electron chi connectivity index (χ4n) is 4.15. The van der Waals surface area contributed by atoms with E-state index in [4.69, 9.17) is 0 Å². The molecule has 0 aliphatic heterocycles. The Kier molecular flexibility index (Phi) is 24.5. The van der Waals surface area contributed by atoms with E-state index in [1.165, 1.54) is 135 Å². The SMILES string of the molecule is C=CCN(CC)CCCCCCCCCCCCCCCCCCCCCC. The second-order valence-corrected chi connectivity index (χ2v) is 8.90. The monoisotopic (exact) mass is 393 g/mol. The van der Waals surface area contributed by atoms with Gasteiger partial charge in [-0.15, -0.1) is 6.58 Å². The number of hydrogen-bond acceptors (Lipinski definition) is 1. The molecule has 0 fully saturated rings. The van der Waals surface area contributed by atoms with E-state index in [1.807, 2.05) is 6.08 Å². The van der Waals surface area contributed by atoms with Crippen molar-refractivity contribution in [3.05, 3.63) is 12.7 Å². The molecule has 0 radical (unpaired) electrons. The van der Waals surface area contributed by atoms with Crippen molar-refractivity contribution in [1.29, 1.82) is 0 Å². The second kappa shape index (κ2) is 24.7. The third-order valence-corrected chi connectivity index (χ3v) is 6.16. The molecule has 0 bridgehead atoms. The van der Waals surface area contributed by atoms with Crippen LogP contribution in [0.15, 0.2) is 12.7 Å². The maximum absolute atomic E-state index is 3.84. The van der Waals surface area contributed by atoms with Crippen molar-refractivity contribution in [2.75, 3.05) is 19.6 Å². The van der Waals surface area contributed by atoms with Crippen LogP contribution in [0.3, 0.4) is 0 Å². The van der Waals surface area contributed by atoms with Gasteiger partial charge in [0.25, 0.3) is 0 Å². The Bertz CT molecular complexity index is 286.